The Morgan fingerprint density at radius 1 is 1.47 bits per heavy atom. The molecule has 0 bridgehead atoms. The summed E-state index contributed by atoms with van der Waals surface area (Å²) < 4.78 is 5.25. The Bertz CT molecular complexity index is 510. The highest BCUT2D eigenvalue weighted by Gasteiger charge is 2.46. The molecule has 0 amide bonds. The molecule has 1 aromatic rings. The number of benzene rings is 1. The van der Waals surface area contributed by atoms with Gasteiger partial charge in [0.1, 0.15) is 11.3 Å². The molecule has 4 nitrogen and oxygen atoms in total. The van der Waals surface area contributed by atoms with Gasteiger partial charge in [0, 0.05) is 6.04 Å². The standard InChI is InChI=1S/C15H19NO3/c1-19-12-7-4-10-3-2-8-15(14(17)18,13(10)9-12)16-11-5-6-11/h4,7,9,11,16H,2-3,5-6,8H2,1H3,(H,17,18). The van der Waals surface area contributed by atoms with Crippen molar-refractivity contribution in [3.63, 3.8) is 0 Å². The average Bonchev–Trinajstić information content (AvgIpc) is 3.22. The fourth-order valence-corrected chi connectivity index (χ4v) is 2.99. The molecule has 0 aliphatic heterocycles. The van der Waals surface area contributed by atoms with Crippen LogP contribution in [0.3, 0.4) is 0 Å². The predicted molar refractivity (Wildman–Crippen MR) is 71.4 cm³/mol. The zero-order chi connectivity index (χ0) is 13.5. The van der Waals surface area contributed by atoms with Gasteiger partial charge in [-0.05, 0) is 55.4 Å². The number of nitrogens with one attached hydrogen (secondary N) is 1. The highest BCUT2D eigenvalue weighted by Crippen LogP contribution is 2.40. The van der Waals surface area contributed by atoms with Crippen LogP contribution in [0.5, 0.6) is 5.75 Å². The van der Waals surface area contributed by atoms with Crippen molar-refractivity contribution in [2.75, 3.05) is 7.11 Å². The summed E-state index contributed by atoms with van der Waals surface area (Å²) in [5.41, 5.74) is 1.09. The number of hydrogen-bond acceptors (Lipinski definition) is 3. The Kier molecular flexibility index (Phi) is 2.97. The van der Waals surface area contributed by atoms with Crippen molar-refractivity contribution in [2.24, 2.45) is 0 Å². The highest BCUT2D eigenvalue weighted by molar-refractivity contribution is 5.82. The second-order valence-corrected chi connectivity index (χ2v) is 5.51. The molecule has 0 radical (unpaired) electrons. The Morgan fingerprint density at radius 2 is 2.26 bits per heavy atom. The van der Waals surface area contributed by atoms with Gasteiger partial charge >= 0.3 is 5.97 Å². The SMILES string of the molecule is COc1ccc2c(c1)C(NC1CC1)(C(=O)O)CCC2. The second kappa shape index (κ2) is 4.53. The molecule has 0 saturated heterocycles. The van der Waals surface area contributed by atoms with Crippen molar-refractivity contribution >= 4 is 5.97 Å². The summed E-state index contributed by atoms with van der Waals surface area (Å²) in [6.45, 7) is 0. The van der Waals surface area contributed by atoms with E-state index in [1.54, 1.807) is 7.11 Å². The molecular formula is C15H19NO3. The van der Waals surface area contributed by atoms with Crippen LogP contribution in [-0.4, -0.2) is 24.2 Å². The van der Waals surface area contributed by atoms with E-state index in [2.05, 4.69) is 5.32 Å². The number of hydrogen-bond donors (Lipinski definition) is 2. The van der Waals surface area contributed by atoms with Crippen LogP contribution in [0.15, 0.2) is 18.2 Å². The van der Waals surface area contributed by atoms with Crippen molar-refractivity contribution in [1.82, 2.24) is 5.32 Å². The van der Waals surface area contributed by atoms with Crippen molar-refractivity contribution in [3.05, 3.63) is 29.3 Å². The first kappa shape index (κ1) is 12.5. The number of aliphatic carboxylic acids is 1. The Balaban J connectivity index is 2.08. The minimum Gasteiger partial charge on any atom is -0.497 e. The van der Waals surface area contributed by atoms with Gasteiger partial charge in [0.15, 0.2) is 0 Å². The zero-order valence-corrected chi connectivity index (χ0v) is 11.1. The first-order valence-corrected chi connectivity index (χ1v) is 6.84. The van der Waals surface area contributed by atoms with Crippen LogP contribution in [0.25, 0.3) is 0 Å². The minimum atomic E-state index is -0.927. The van der Waals surface area contributed by atoms with Gasteiger partial charge in [-0.25, -0.2) is 4.79 Å². The molecule has 0 heterocycles. The molecule has 2 N–H and O–H groups in total. The van der Waals surface area contributed by atoms with E-state index in [1.807, 2.05) is 18.2 Å². The molecule has 1 fully saturated rings. The molecule has 1 unspecified atom stereocenters. The summed E-state index contributed by atoms with van der Waals surface area (Å²) >= 11 is 0. The van der Waals surface area contributed by atoms with Gasteiger partial charge in [0.2, 0.25) is 0 Å². The Morgan fingerprint density at radius 3 is 2.89 bits per heavy atom. The predicted octanol–water partition coefficient (Wildman–Crippen LogP) is 2.06. The second-order valence-electron chi connectivity index (χ2n) is 5.51. The summed E-state index contributed by atoms with van der Waals surface area (Å²) in [5.74, 6) is -0.0440. The number of carbonyl (C=O) groups is 1. The first-order valence-electron chi connectivity index (χ1n) is 6.84. The maximum atomic E-state index is 11.9. The molecule has 1 aromatic carbocycles. The monoisotopic (exact) mass is 261 g/mol. The molecule has 3 rings (SSSR count). The molecule has 1 saturated carbocycles. The van der Waals surface area contributed by atoms with Crippen molar-refractivity contribution in [1.29, 1.82) is 0 Å². The molecule has 2 aliphatic rings. The Labute approximate surface area is 112 Å². The fraction of sp³-hybridized carbons (Fsp3) is 0.533. The topological polar surface area (TPSA) is 58.6 Å². The van der Waals surface area contributed by atoms with Crippen LogP contribution in [0.2, 0.25) is 0 Å². The van der Waals surface area contributed by atoms with E-state index in [9.17, 15) is 9.90 Å². The van der Waals surface area contributed by atoms with Gasteiger partial charge < -0.3 is 9.84 Å². The maximum absolute atomic E-state index is 11.9. The summed E-state index contributed by atoms with van der Waals surface area (Å²) in [4.78, 5) is 11.9. The number of ether oxygens (including phenoxy) is 1. The van der Waals surface area contributed by atoms with Gasteiger partial charge in [-0.1, -0.05) is 6.07 Å². The van der Waals surface area contributed by atoms with E-state index in [0.717, 1.165) is 42.6 Å². The normalized spacial score (nSPS) is 25.7. The summed E-state index contributed by atoms with van der Waals surface area (Å²) in [7, 11) is 1.61. The molecule has 1 atom stereocenters. The van der Waals surface area contributed by atoms with Gasteiger partial charge in [-0.15, -0.1) is 0 Å². The molecule has 19 heavy (non-hydrogen) atoms. The van der Waals surface area contributed by atoms with Crippen LogP contribution >= 0.6 is 0 Å². The van der Waals surface area contributed by atoms with E-state index in [4.69, 9.17) is 4.74 Å². The average molecular weight is 261 g/mol. The summed E-state index contributed by atoms with van der Waals surface area (Å²) in [6, 6.07) is 6.15. The van der Waals surface area contributed by atoms with Crippen molar-refractivity contribution in [3.8, 4) is 5.75 Å². The van der Waals surface area contributed by atoms with Gasteiger partial charge in [-0.2, -0.15) is 0 Å². The minimum absolute atomic E-state index is 0.355. The first-order chi connectivity index (χ1) is 9.15. The molecule has 4 heteroatoms. The Hall–Kier alpha value is -1.55. The summed E-state index contributed by atoms with van der Waals surface area (Å²) in [6.07, 6.45) is 4.66. The molecule has 2 aliphatic carbocycles. The van der Waals surface area contributed by atoms with E-state index >= 15 is 0 Å². The lowest BCUT2D eigenvalue weighted by molar-refractivity contribution is -0.146. The quantitative estimate of drug-likeness (QED) is 0.871. The lowest BCUT2D eigenvalue weighted by Crippen LogP contribution is -2.52. The van der Waals surface area contributed by atoms with Gasteiger partial charge in [-0.3, -0.25) is 5.32 Å². The van der Waals surface area contributed by atoms with Crippen molar-refractivity contribution < 1.29 is 14.6 Å². The van der Waals surface area contributed by atoms with E-state index < -0.39 is 11.5 Å². The van der Waals surface area contributed by atoms with Crippen LogP contribution < -0.4 is 10.1 Å². The lowest BCUT2D eigenvalue weighted by Gasteiger charge is -2.36. The third-order valence-corrected chi connectivity index (χ3v) is 4.17. The number of carboxylic acid groups (broad SMARTS) is 1. The lowest BCUT2D eigenvalue weighted by atomic mass is 9.76. The van der Waals surface area contributed by atoms with E-state index in [1.165, 1.54) is 0 Å². The number of fused-ring (bicyclic) bond motifs is 1. The van der Waals surface area contributed by atoms with Crippen LogP contribution in [0.4, 0.5) is 0 Å². The number of rotatable bonds is 4. The summed E-state index contributed by atoms with van der Waals surface area (Å²) in [5, 5.41) is 13.1. The number of carboxylic acids is 1. The smallest absolute Gasteiger partial charge is 0.328 e. The molecule has 0 aromatic heterocycles. The third-order valence-electron chi connectivity index (χ3n) is 4.17. The fourth-order valence-electron chi connectivity index (χ4n) is 2.99. The number of aryl methyl sites for hydroxylation is 1. The molecule has 102 valence electrons. The largest absolute Gasteiger partial charge is 0.497 e. The van der Waals surface area contributed by atoms with Crippen LogP contribution in [-0.2, 0) is 16.8 Å². The number of methoxy groups -OCH3 is 1. The highest BCUT2D eigenvalue weighted by atomic mass is 16.5. The van der Waals surface area contributed by atoms with Crippen LogP contribution in [0, 0.1) is 0 Å². The van der Waals surface area contributed by atoms with Gasteiger partial charge in [0.05, 0.1) is 7.11 Å². The zero-order valence-electron chi connectivity index (χ0n) is 11.1. The molecular weight excluding hydrogens is 242 g/mol. The molecule has 0 spiro atoms. The van der Waals surface area contributed by atoms with E-state index in [-0.39, 0.29) is 0 Å². The third kappa shape index (κ3) is 2.10. The van der Waals surface area contributed by atoms with Gasteiger partial charge in [0.25, 0.3) is 0 Å². The van der Waals surface area contributed by atoms with E-state index in [0.29, 0.717) is 12.5 Å². The maximum Gasteiger partial charge on any atom is 0.328 e. The van der Waals surface area contributed by atoms with Crippen LogP contribution in [0.1, 0.15) is 36.8 Å². The van der Waals surface area contributed by atoms with Crippen molar-refractivity contribution in [2.45, 2.75) is 43.7 Å².